The molecule has 1 aliphatic rings. The number of hydrogen-bond donors (Lipinski definition) is 1. The predicted octanol–water partition coefficient (Wildman–Crippen LogP) is 1.14. The van der Waals surface area contributed by atoms with Gasteiger partial charge in [0.05, 0.1) is 5.92 Å². The van der Waals surface area contributed by atoms with E-state index in [4.69, 9.17) is 0 Å². The Morgan fingerprint density at radius 3 is 2.86 bits per heavy atom. The lowest BCUT2D eigenvalue weighted by Gasteiger charge is -2.30. The van der Waals surface area contributed by atoms with Crippen LogP contribution < -0.4 is 5.32 Å². The molecule has 4 nitrogen and oxygen atoms in total. The minimum Gasteiger partial charge on any atom is -0.323 e. The first-order chi connectivity index (χ1) is 6.50. The van der Waals surface area contributed by atoms with E-state index < -0.39 is 0 Å². The van der Waals surface area contributed by atoms with Crippen molar-refractivity contribution in [1.82, 2.24) is 10.2 Å². The molecule has 1 N–H and O–H groups in total. The van der Waals surface area contributed by atoms with Gasteiger partial charge in [-0.1, -0.05) is 12.5 Å². The van der Waals surface area contributed by atoms with E-state index in [0.29, 0.717) is 13.1 Å². The normalized spacial score (nSPS) is 22.1. The smallest absolute Gasteiger partial charge is 0.323 e. The molecular formula is C10H16N2O2. The van der Waals surface area contributed by atoms with E-state index in [1.807, 2.05) is 13.8 Å². The van der Waals surface area contributed by atoms with E-state index >= 15 is 0 Å². The van der Waals surface area contributed by atoms with Gasteiger partial charge in [0.2, 0.25) is 5.91 Å². The third-order valence-corrected chi connectivity index (χ3v) is 2.27. The molecule has 0 aromatic heterocycles. The summed E-state index contributed by atoms with van der Waals surface area (Å²) in [5.41, 5.74) is 1.04. The number of urea groups is 1. The second kappa shape index (κ2) is 4.26. The van der Waals surface area contributed by atoms with Gasteiger partial charge in [-0.25, -0.2) is 4.79 Å². The van der Waals surface area contributed by atoms with Crippen molar-refractivity contribution in [2.75, 3.05) is 13.1 Å². The third kappa shape index (κ3) is 2.58. The Morgan fingerprint density at radius 2 is 2.29 bits per heavy atom. The van der Waals surface area contributed by atoms with Crippen molar-refractivity contribution in [3.63, 3.8) is 0 Å². The zero-order chi connectivity index (χ0) is 10.7. The summed E-state index contributed by atoms with van der Waals surface area (Å²) in [6.45, 7) is 8.66. The molecule has 0 aromatic rings. The van der Waals surface area contributed by atoms with Crippen LogP contribution in [0.4, 0.5) is 4.79 Å². The highest BCUT2D eigenvalue weighted by Gasteiger charge is 2.28. The Hall–Kier alpha value is -1.32. The van der Waals surface area contributed by atoms with Crippen LogP contribution in [0.25, 0.3) is 0 Å². The van der Waals surface area contributed by atoms with E-state index in [1.54, 1.807) is 4.90 Å². The number of nitrogens with zero attached hydrogens (tertiary/aromatic N) is 1. The lowest BCUT2D eigenvalue weighted by molar-refractivity contribution is -0.125. The molecule has 1 unspecified atom stereocenters. The first-order valence-electron chi connectivity index (χ1n) is 4.75. The van der Waals surface area contributed by atoms with Crippen LogP contribution in [0.1, 0.15) is 20.3 Å². The van der Waals surface area contributed by atoms with Crippen molar-refractivity contribution in [2.45, 2.75) is 20.3 Å². The van der Waals surface area contributed by atoms with Crippen LogP contribution in [-0.2, 0) is 4.79 Å². The van der Waals surface area contributed by atoms with Crippen molar-refractivity contribution in [3.8, 4) is 0 Å². The maximum absolute atomic E-state index is 11.3. The van der Waals surface area contributed by atoms with E-state index in [-0.39, 0.29) is 17.9 Å². The van der Waals surface area contributed by atoms with Crippen molar-refractivity contribution in [3.05, 3.63) is 12.2 Å². The maximum atomic E-state index is 11.3. The zero-order valence-electron chi connectivity index (χ0n) is 8.67. The molecular weight excluding hydrogens is 180 g/mol. The molecule has 1 aliphatic heterocycles. The Kier molecular flexibility index (Phi) is 3.28. The molecule has 1 saturated heterocycles. The minimum atomic E-state index is -0.283. The van der Waals surface area contributed by atoms with Crippen molar-refractivity contribution < 1.29 is 9.59 Å². The standard InChI is InChI=1S/C10H16N2O2/c1-7(2)4-5-12-6-8(3)9(13)11-10(12)14/h8H,1,4-6H2,2-3H3,(H,11,13,14). The van der Waals surface area contributed by atoms with Gasteiger partial charge in [-0.15, -0.1) is 6.58 Å². The summed E-state index contributed by atoms with van der Waals surface area (Å²) in [6, 6.07) is -0.283. The highest BCUT2D eigenvalue weighted by molar-refractivity contribution is 5.97. The fourth-order valence-corrected chi connectivity index (χ4v) is 1.32. The first-order valence-corrected chi connectivity index (χ1v) is 4.75. The summed E-state index contributed by atoms with van der Waals surface area (Å²) in [5, 5.41) is 2.32. The van der Waals surface area contributed by atoms with Gasteiger partial charge in [0.25, 0.3) is 0 Å². The van der Waals surface area contributed by atoms with Crippen LogP contribution in [0, 0.1) is 5.92 Å². The fourth-order valence-electron chi connectivity index (χ4n) is 1.32. The summed E-state index contributed by atoms with van der Waals surface area (Å²) in [7, 11) is 0. The van der Waals surface area contributed by atoms with Gasteiger partial charge in [0, 0.05) is 13.1 Å². The monoisotopic (exact) mass is 196 g/mol. The number of rotatable bonds is 3. The summed E-state index contributed by atoms with van der Waals surface area (Å²) in [5.74, 6) is -0.292. The molecule has 0 bridgehead atoms. The van der Waals surface area contributed by atoms with Gasteiger partial charge in [0.15, 0.2) is 0 Å². The second-order valence-corrected chi connectivity index (χ2v) is 3.85. The van der Waals surface area contributed by atoms with Crippen LogP contribution in [0.2, 0.25) is 0 Å². The molecule has 0 aliphatic carbocycles. The molecule has 1 heterocycles. The van der Waals surface area contributed by atoms with E-state index in [9.17, 15) is 9.59 Å². The van der Waals surface area contributed by atoms with Gasteiger partial charge in [0.1, 0.15) is 0 Å². The molecule has 14 heavy (non-hydrogen) atoms. The predicted molar refractivity (Wildman–Crippen MR) is 53.7 cm³/mol. The third-order valence-electron chi connectivity index (χ3n) is 2.27. The molecule has 3 amide bonds. The van der Waals surface area contributed by atoms with Gasteiger partial charge in [-0.05, 0) is 13.3 Å². The molecule has 0 aromatic carbocycles. The SMILES string of the molecule is C=C(C)CCN1CC(C)C(=O)NC1=O. The number of carbonyl (C=O) groups is 2. The first kappa shape index (κ1) is 10.8. The average molecular weight is 196 g/mol. The van der Waals surface area contributed by atoms with Crippen molar-refractivity contribution in [2.24, 2.45) is 5.92 Å². The molecule has 0 spiro atoms. The zero-order valence-corrected chi connectivity index (χ0v) is 8.67. The molecule has 1 fully saturated rings. The van der Waals surface area contributed by atoms with Gasteiger partial charge in [-0.2, -0.15) is 0 Å². The number of hydrogen-bond acceptors (Lipinski definition) is 2. The lowest BCUT2D eigenvalue weighted by Crippen LogP contribution is -2.53. The quantitative estimate of drug-likeness (QED) is 0.688. The lowest BCUT2D eigenvalue weighted by atomic mass is 10.1. The summed E-state index contributed by atoms with van der Waals surface area (Å²) < 4.78 is 0. The number of amides is 3. The summed E-state index contributed by atoms with van der Waals surface area (Å²) in [6.07, 6.45) is 0.786. The highest BCUT2D eigenvalue weighted by Crippen LogP contribution is 2.09. The van der Waals surface area contributed by atoms with E-state index in [0.717, 1.165) is 12.0 Å². The Bertz CT molecular complexity index is 273. The fraction of sp³-hybridized carbons (Fsp3) is 0.600. The van der Waals surface area contributed by atoms with E-state index in [1.165, 1.54) is 0 Å². The molecule has 0 saturated carbocycles. The molecule has 1 rings (SSSR count). The van der Waals surface area contributed by atoms with Crippen LogP contribution in [0.15, 0.2) is 12.2 Å². The topological polar surface area (TPSA) is 49.4 Å². The van der Waals surface area contributed by atoms with Crippen LogP contribution in [-0.4, -0.2) is 29.9 Å². The maximum Gasteiger partial charge on any atom is 0.324 e. The largest absolute Gasteiger partial charge is 0.324 e. The minimum absolute atomic E-state index is 0.113. The highest BCUT2D eigenvalue weighted by atomic mass is 16.2. The van der Waals surface area contributed by atoms with E-state index in [2.05, 4.69) is 11.9 Å². The molecule has 78 valence electrons. The molecule has 0 radical (unpaired) electrons. The number of imide groups is 1. The van der Waals surface area contributed by atoms with Gasteiger partial charge >= 0.3 is 6.03 Å². The second-order valence-electron chi connectivity index (χ2n) is 3.85. The number of nitrogens with one attached hydrogen (secondary N) is 1. The molecule has 1 atom stereocenters. The van der Waals surface area contributed by atoms with Crippen LogP contribution in [0.5, 0.6) is 0 Å². The summed E-state index contributed by atoms with van der Waals surface area (Å²) >= 11 is 0. The Labute approximate surface area is 84.0 Å². The molecule has 4 heteroatoms. The average Bonchev–Trinajstić information content (AvgIpc) is 2.09. The number of carbonyl (C=O) groups excluding carboxylic acids is 2. The van der Waals surface area contributed by atoms with Crippen LogP contribution >= 0.6 is 0 Å². The van der Waals surface area contributed by atoms with Crippen LogP contribution in [0.3, 0.4) is 0 Å². The van der Waals surface area contributed by atoms with Crippen molar-refractivity contribution in [1.29, 1.82) is 0 Å². The Balaban J connectivity index is 2.49. The summed E-state index contributed by atoms with van der Waals surface area (Å²) in [4.78, 5) is 24.1. The Morgan fingerprint density at radius 1 is 1.64 bits per heavy atom. The van der Waals surface area contributed by atoms with Gasteiger partial charge < -0.3 is 4.90 Å². The van der Waals surface area contributed by atoms with Crippen molar-refractivity contribution >= 4 is 11.9 Å². The van der Waals surface area contributed by atoms with Gasteiger partial charge in [-0.3, -0.25) is 10.1 Å².